The number of phenols is 1. The maximum atomic E-state index is 14.2. The van der Waals surface area contributed by atoms with E-state index in [1.165, 1.54) is 6.92 Å². The van der Waals surface area contributed by atoms with Crippen molar-refractivity contribution < 1.29 is 47.4 Å². The maximum absolute atomic E-state index is 14.2. The quantitative estimate of drug-likeness (QED) is 0.334. The fourth-order valence-corrected chi connectivity index (χ4v) is 7.13. The zero-order valence-corrected chi connectivity index (χ0v) is 21.0. The van der Waals surface area contributed by atoms with E-state index < -0.39 is 76.5 Å². The number of rotatable bonds is 3. The maximum Gasteiger partial charge on any atom is 0.573 e. The number of phenolic OH excluding ortho intramolecular Hbond substituents is 1. The number of ether oxygens (including phenoxy) is 1. The Morgan fingerprint density at radius 2 is 1.68 bits per heavy atom. The Bertz CT molecular complexity index is 1490. The van der Waals surface area contributed by atoms with Crippen LogP contribution in [0.5, 0.6) is 11.5 Å². The van der Waals surface area contributed by atoms with Crippen LogP contribution in [-0.2, 0) is 19.2 Å². The van der Waals surface area contributed by atoms with Gasteiger partial charge in [-0.05, 0) is 56.0 Å². The average molecular weight is 556 g/mol. The molecule has 0 radical (unpaired) electrons. The van der Waals surface area contributed by atoms with Crippen LogP contribution in [-0.4, -0.2) is 45.4 Å². The lowest BCUT2D eigenvalue weighted by molar-refractivity contribution is -0.274. The number of nitrogens with zero attached hydrogens (tertiary/aromatic N) is 2. The Labute approximate surface area is 225 Å². The standard InChI is InChI=1S/C28H23F3N2O7/c1-27-19(24(36)32(26(27)38)13-5-3-2-4-6-13)12-17-15(8-9-16-21(17)25(37)33(39)23(16)35)22(27)18-11-14(7-10-20(18)34)40-28(29,30)31/h2-8,10-11,16-17,19,21-22,34,39H,9,12H2,1H3. The topological polar surface area (TPSA) is 124 Å². The molecule has 9 nitrogen and oxygen atoms in total. The van der Waals surface area contributed by atoms with E-state index in [4.69, 9.17) is 0 Å². The summed E-state index contributed by atoms with van der Waals surface area (Å²) in [5.41, 5.74) is -0.917. The number of carbonyl (C=O) groups excluding carboxylic acids is 4. The summed E-state index contributed by atoms with van der Waals surface area (Å²) in [4.78, 5) is 54.7. The highest BCUT2D eigenvalue weighted by atomic mass is 19.4. The molecule has 6 unspecified atom stereocenters. The Hall–Kier alpha value is -4.19. The average Bonchev–Trinajstić information content (AvgIpc) is 3.24. The number of anilines is 1. The number of halogens is 3. The minimum absolute atomic E-state index is 0.0136. The molecule has 6 atom stereocenters. The Kier molecular flexibility index (Phi) is 5.64. The molecule has 2 saturated heterocycles. The summed E-state index contributed by atoms with van der Waals surface area (Å²) in [5.74, 6) is -8.78. The predicted octanol–water partition coefficient (Wildman–Crippen LogP) is 3.91. The Morgan fingerprint density at radius 3 is 2.35 bits per heavy atom. The van der Waals surface area contributed by atoms with Gasteiger partial charge in [0.15, 0.2) is 0 Å². The number of hydrogen-bond acceptors (Lipinski definition) is 7. The van der Waals surface area contributed by atoms with E-state index >= 15 is 0 Å². The third kappa shape index (κ3) is 3.58. The van der Waals surface area contributed by atoms with Gasteiger partial charge in [0.2, 0.25) is 11.8 Å². The molecular weight excluding hydrogens is 533 g/mol. The number of imide groups is 2. The lowest BCUT2D eigenvalue weighted by Gasteiger charge is -2.49. The molecule has 4 aliphatic rings. The minimum atomic E-state index is -5.03. The van der Waals surface area contributed by atoms with Gasteiger partial charge in [0.05, 0.1) is 28.9 Å². The molecule has 2 aromatic rings. The molecular formula is C28H23F3N2O7. The molecule has 2 N–H and O–H groups in total. The molecule has 0 aromatic heterocycles. The van der Waals surface area contributed by atoms with E-state index in [2.05, 4.69) is 4.74 Å². The van der Waals surface area contributed by atoms with Gasteiger partial charge in [-0.3, -0.25) is 24.4 Å². The summed E-state index contributed by atoms with van der Waals surface area (Å²) in [7, 11) is 0. The van der Waals surface area contributed by atoms with Crippen molar-refractivity contribution in [2.24, 2.45) is 29.1 Å². The number of hydrogen-bond donors (Lipinski definition) is 2. The number of alkyl halides is 3. The molecule has 12 heteroatoms. The van der Waals surface area contributed by atoms with Crippen molar-refractivity contribution in [3.05, 3.63) is 65.7 Å². The van der Waals surface area contributed by atoms with Gasteiger partial charge >= 0.3 is 6.36 Å². The lowest BCUT2D eigenvalue weighted by Crippen LogP contribution is -2.48. The van der Waals surface area contributed by atoms with Gasteiger partial charge in [0, 0.05) is 11.5 Å². The second kappa shape index (κ2) is 8.65. The SMILES string of the molecule is CC12C(=O)N(c3ccccc3)C(=O)C1CC1C(=CCC3C(=O)N(O)C(=O)C31)C2c1cc(OC(F)(F)F)ccc1O. The van der Waals surface area contributed by atoms with E-state index in [0.717, 1.165) is 23.1 Å². The van der Waals surface area contributed by atoms with Crippen LogP contribution in [0.1, 0.15) is 31.2 Å². The summed E-state index contributed by atoms with van der Waals surface area (Å²) >= 11 is 0. The molecule has 2 aliphatic heterocycles. The van der Waals surface area contributed by atoms with Gasteiger partial charge in [0.1, 0.15) is 11.5 Å². The summed E-state index contributed by atoms with van der Waals surface area (Å²) in [5, 5.41) is 21.1. The number of hydroxylamine groups is 2. The summed E-state index contributed by atoms with van der Waals surface area (Å²) in [6, 6.07) is 11.1. The van der Waals surface area contributed by atoms with Crippen molar-refractivity contribution in [1.82, 2.24) is 5.06 Å². The van der Waals surface area contributed by atoms with Crippen LogP contribution >= 0.6 is 0 Å². The van der Waals surface area contributed by atoms with Crippen LogP contribution in [0.25, 0.3) is 0 Å². The van der Waals surface area contributed by atoms with E-state index in [1.54, 1.807) is 36.4 Å². The molecule has 1 saturated carbocycles. The predicted molar refractivity (Wildman–Crippen MR) is 129 cm³/mol. The first-order chi connectivity index (χ1) is 18.8. The molecule has 40 heavy (non-hydrogen) atoms. The van der Waals surface area contributed by atoms with E-state index in [-0.39, 0.29) is 23.5 Å². The van der Waals surface area contributed by atoms with E-state index in [9.17, 15) is 42.7 Å². The largest absolute Gasteiger partial charge is 0.573 e. The van der Waals surface area contributed by atoms with E-state index in [1.807, 2.05) is 0 Å². The van der Waals surface area contributed by atoms with Crippen molar-refractivity contribution >= 4 is 29.3 Å². The molecule has 0 bridgehead atoms. The summed E-state index contributed by atoms with van der Waals surface area (Å²) in [6.07, 6.45) is -3.38. The van der Waals surface area contributed by atoms with Gasteiger partial charge in [0.25, 0.3) is 11.8 Å². The zero-order valence-electron chi connectivity index (χ0n) is 21.0. The number of fused-ring (bicyclic) bond motifs is 4. The number of allylic oxidation sites excluding steroid dienone is 2. The van der Waals surface area contributed by atoms with Crippen molar-refractivity contribution in [2.75, 3.05) is 4.90 Å². The summed E-state index contributed by atoms with van der Waals surface area (Å²) < 4.78 is 43.4. The van der Waals surface area contributed by atoms with Gasteiger partial charge in [-0.25, -0.2) is 4.90 Å². The second-order valence-electron chi connectivity index (χ2n) is 10.8. The molecule has 208 valence electrons. The first kappa shape index (κ1) is 26.1. The van der Waals surface area contributed by atoms with Crippen molar-refractivity contribution in [3.8, 4) is 11.5 Å². The van der Waals surface area contributed by atoms with Crippen molar-refractivity contribution in [2.45, 2.75) is 32.0 Å². The fraction of sp³-hybridized carbons (Fsp3) is 0.357. The molecule has 2 aromatic carbocycles. The first-order valence-electron chi connectivity index (χ1n) is 12.6. The monoisotopic (exact) mass is 556 g/mol. The van der Waals surface area contributed by atoms with Gasteiger partial charge in [-0.2, -0.15) is 5.06 Å². The van der Waals surface area contributed by atoms with Crippen LogP contribution in [0, 0.1) is 29.1 Å². The summed E-state index contributed by atoms with van der Waals surface area (Å²) in [6.45, 7) is 1.53. The fourth-order valence-electron chi connectivity index (χ4n) is 7.13. The smallest absolute Gasteiger partial charge is 0.508 e. The zero-order chi connectivity index (χ0) is 28.7. The first-order valence-corrected chi connectivity index (χ1v) is 12.6. The van der Waals surface area contributed by atoms with Crippen LogP contribution in [0.3, 0.4) is 0 Å². The molecule has 6 rings (SSSR count). The number of para-hydroxylation sites is 1. The number of aromatic hydroxyl groups is 1. The van der Waals surface area contributed by atoms with Crippen LogP contribution in [0.15, 0.2) is 60.2 Å². The molecule has 0 spiro atoms. The molecule has 4 amide bonds. The van der Waals surface area contributed by atoms with Gasteiger partial charge in [-0.1, -0.05) is 29.8 Å². The van der Waals surface area contributed by atoms with Gasteiger partial charge < -0.3 is 9.84 Å². The van der Waals surface area contributed by atoms with Crippen LogP contribution in [0.4, 0.5) is 18.9 Å². The van der Waals surface area contributed by atoms with Crippen LogP contribution in [0.2, 0.25) is 0 Å². The number of benzene rings is 2. The highest BCUT2D eigenvalue weighted by Gasteiger charge is 2.68. The van der Waals surface area contributed by atoms with E-state index in [0.29, 0.717) is 11.3 Å². The molecule has 2 heterocycles. The number of carbonyl (C=O) groups is 4. The number of amides is 4. The second-order valence-corrected chi connectivity index (χ2v) is 10.8. The Balaban J connectivity index is 1.55. The highest BCUT2D eigenvalue weighted by molar-refractivity contribution is 6.24. The third-order valence-corrected chi connectivity index (χ3v) is 8.81. The van der Waals surface area contributed by atoms with Crippen molar-refractivity contribution in [3.63, 3.8) is 0 Å². The molecule has 3 fully saturated rings. The lowest BCUT2D eigenvalue weighted by atomic mass is 9.51. The third-order valence-electron chi connectivity index (χ3n) is 8.81. The normalized spacial score (nSPS) is 31.6. The molecule has 2 aliphatic carbocycles. The highest BCUT2D eigenvalue weighted by Crippen LogP contribution is 2.64. The minimum Gasteiger partial charge on any atom is -0.508 e. The Morgan fingerprint density at radius 1 is 0.975 bits per heavy atom. The van der Waals surface area contributed by atoms with Crippen molar-refractivity contribution in [1.29, 1.82) is 0 Å². The van der Waals surface area contributed by atoms with Crippen LogP contribution < -0.4 is 9.64 Å². The van der Waals surface area contributed by atoms with Gasteiger partial charge in [-0.15, -0.1) is 13.2 Å².